The molecule has 19 heavy (non-hydrogen) atoms. The number of benzene rings is 1. The summed E-state index contributed by atoms with van der Waals surface area (Å²) in [7, 11) is 0. The van der Waals surface area contributed by atoms with Crippen molar-refractivity contribution in [3.05, 3.63) is 24.3 Å². The number of nitrogens with zero attached hydrogens (tertiary/aromatic N) is 1. The van der Waals surface area contributed by atoms with Crippen LogP contribution in [0.3, 0.4) is 0 Å². The van der Waals surface area contributed by atoms with Crippen LogP contribution in [0.25, 0.3) is 0 Å². The van der Waals surface area contributed by atoms with Gasteiger partial charge >= 0.3 is 0 Å². The zero-order valence-electron chi connectivity index (χ0n) is 11.6. The summed E-state index contributed by atoms with van der Waals surface area (Å²) >= 11 is 0. The lowest BCUT2D eigenvalue weighted by Crippen LogP contribution is -2.23. The fourth-order valence-corrected chi connectivity index (χ4v) is 3.10. The van der Waals surface area contributed by atoms with Crippen molar-refractivity contribution in [1.29, 1.82) is 0 Å². The van der Waals surface area contributed by atoms with E-state index in [0.29, 0.717) is 6.04 Å². The van der Waals surface area contributed by atoms with Crippen molar-refractivity contribution in [2.24, 2.45) is 0 Å². The maximum absolute atomic E-state index is 5.54. The molecule has 2 heterocycles. The second-order valence-corrected chi connectivity index (χ2v) is 5.60. The number of rotatable bonds is 3. The lowest BCUT2D eigenvalue weighted by molar-refractivity contribution is 0.144. The number of nitrogens with one attached hydrogen (secondary N) is 1. The molecule has 0 aliphatic carbocycles. The van der Waals surface area contributed by atoms with E-state index in [-0.39, 0.29) is 0 Å². The van der Waals surface area contributed by atoms with E-state index in [4.69, 9.17) is 4.74 Å². The van der Waals surface area contributed by atoms with Crippen molar-refractivity contribution >= 4 is 11.4 Å². The van der Waals surface area contributed by atoms with Crippen molar-refractivity contribution in [1.82, 2.24) is 0 Å². The standard InChI is InChI=1S/C16H24N2O/c1-2-8-16(18-10-3-4-11-18)15(7-1)17-14-6-5-12-19-13-9-14/h1-2,7-8,14,17H,3-6,9-13H2. The Kier molecular flexibility index (Phi) is 4.23. The van der Waals surface area contributed by atoms with E-state index in [1.54, 1.807) is 0 Å². The Morgan fingerprint density at radius 3 is 2.74 bits per heavy atom. The SMILES string of the molecule is c1ccc(N2CCCC2)c(NC2CCCOCC2)c1. The van der Waals surface area contributed by atoms with Crippen molar-refractivity contribution in [3.63, 3.8) is 0 Å². The number of para-hydroxylation sites is 2. The first-order valence-electron chi connectivity index (χ1n) is 7.62. The molecule has 3 nitrogen and oxygen atoms in total. The third-order valence-electron chi connectivity index (χ3n) is 4.16. The predicted molar refractivity (Wildman–Crippen MR) is 80.0 cm³/mol. The molecule has 2 aliphatic heterocycles. The van der Waals surface area contributed by atoms with Gasteiger partial charge in [-0.05, 0) is 44.2 Å². The number of hydrogen-bond donors (Lipinski definition) is 1. The van der Waals surface area contributed by atoms with Gasteiger partial charge in [-0.3, -0.25) is 0 Å². The van der Waals surface area contributed by atoms with Crippen LogP contribution >= 0.6 is 0 Å². The highest BCUT2D eigenvalue weighted by Gasteiger charge is 2.18. The van der Waals surface area contributed by atoms with Crippen LogP contribution in [-0.2, 0) is 4.74 Å². The highest BCUT2D eigenvalue weighted by atomic mass is 16.5. The Hall–Kier alpha value is -1.22. The summed E-state index contributed by atoms with van der Waals surface area (Å²) in [6, 6.07) is 9.32. The maximum atomic E-state index is 5.54. The number of hydrogen-bond acceptors (Lipinski definition) is 3. The van der Waals surface area contributed by atoms with Crippen molar-refractivity contribution < 1.29 is 4.74 Å². The Bertz CT molecular complexity index is 393. The smallest absolute Gasteiger partial charge is 0.0602 e. The molecule has 1 atom stereocenters. The van der Waals surface area contributed by atoms with E-state index in [2.05, 4.69) is 34.5 Å². The fourth-order valence-electron chi connectivity index (χ4n) is 3.10. The molecule has 1 aromatic carbocycles. The minimum atomic E-state index is 0.561. The summed E-state index contributed by atoms with van der Waals surface area (Å²) in [5.41, 5.74) is 2.68. The Morgan fingerprint density at radius 1 is 1.00 bits per heavy atom. The molecule has 0 radical (unpaired) electrons. The monoisotopic (exact) mass is 260 g/mol. The molecule has 0 aromatic heterocycles. The van der Waals surface area contributed by atoms with Gasteiger partial charge in [0.15, 0.2) is 0 Å². The molecule has 104 valence electrons. The van der Waals surface area contributed by atoms with Crippen molar-refractivity contribution in [2.45, 2.75) is 38.1 Å². The summed E-state index contributed by atoms with van der Waals surface area (Å²) in [6.45, 7) is 4.22. The summed E-state index contributed by atoms with van der Waals surface area (Å²) in [4.78, 5) is 2.51. The van der Waals surface area contributed by atoms with E-state index < -0.39 is 0 Å². The van der Waals surface area contributed by atoms with Crippen molar-refractivity contribution in [3.8, 4) is 0 Å². The molecular formula is C16H24N2O. The van der Waals surface area contributed by atoms with Gasteiger partial charge in [0.25, 0.3) is 0 Å². The molecule has 2 fully saturated rings. The minimum absolute atomic E-state index is 0.561. The van der Waals surface area contributed by atoms with Crippen LogP contribution in [-0.4, -0.2) is 32.3 Å². The first kappa shape index (κ1) is 12.8. The van der Waals surface area contributed by atoms with Crippen LogP contribution in [0.4, 0.5) is 11.4 Å². The molecule has 2 saturated heterocycles. The Labute approximate surface area is 115 Å². The van der Waals surface area contributed by atoms with Crippen molar-refractivity contribution in [2.75, 3.05) is 36.5 Å². The Balaban J connectivity index is 1.72. The molecule has 3 heteroatoms. The van der Waals surface area contributed by atoms with E-state index in [1.165, 1.54) is 50.1 Å². The van der Waals surface area contributed by atoms with Gasteiger partial charge in [-0.25, -0.2) is 0 Å². The Morgan fingerprint density at radius 2 is 1.84 bits per heavy atom. The second kappa shape index (κ2) is 6.29. The average molecular weight is 260 g/mol. The van der Waals surface area contributed by atoms with Gasteiger partial charge in [0.1, 0.15) is 0 Å². The van der Waals surface area contributed by atoms with Gasteiger partial charge < -0.3 is 15.0 Å². The molecular weight excluding hydrogens is 236 g/mol. The van der Waals surface area contributed by atoms with Crippen LogP contribution in [0.5, 0.6) is 0 Å². The van der Waals surface area contributed by atoms with Crippen LogP contribution in [0.1, 0.15) is 32.1 Å². The summed E-state index contributed by atoms with van der Waals surface area (Å²) < 4.78 is 5.54. The van der Waals surface area contributed by atoms with E-state index >= 15 is 0 Å². The molecule has 1 unspecified atom stereocenters. The quantitative estimate of drug-likeness (QED) is 0.902. The topological polar surface area (TPSA) is 24.5 Å². The lowest BCUT2D eigenvalue weighted by atomic mass is 10.1. The number of ether oxygens (including phenoxy) is 1. The van der Waals surface area contributed by atoms with Crippen LogP contribution in [0.2, 0.25) is 0 Å². The average Bonchev–Trinajstić information content (AvgIpc) is 2.85. The first-order chi connectivity index (χ1) is 9.43. The van der Waals surface area contributed by atoms with Gasteiger partial charge in [-0.1, -0.05) is 12.1 Å². The molecule has 0 bridgehead atoms. The number of anilines is 2. The molecule has 1 N–H and O–H groups in total. The van der Waals surface area contributed by atoms with Gasteiger partial charge in [-0.2, -0.15) is 0 Å². The molecule has 2 aliphatic rings. The maximum Gasteiger partial charge on any atom is 0.0602 e. The highest BCUT2D eigenvalue weighted by Crippen LogP contribution is 2.30. The first-order valence-corrected chi connectivity index (χ1v) is 7.62. The van der Waals surface area contributed by atoms with Gasteiger partial charge in [-0.15, -0.1) is 0 Å². The molecule has 3 rings (SSSR count). The zero-order valence-corrected chi connectivity index (χ0v) is 11.6. The molecule has 0 spiro atoms. The minimum Gasteiger partial charge on any atom is -0.381 e. The highest BCUT2D eigenvalue weighted by molar-refractivity contribution is 5.70. The second-order valence-electron chi connectivity index (χ2n) is 5.60. The summed E-state index contributed by atoms with van der Waals surface area (Å²) in [5.74, 6) is 0. The van der Waals surface area contributed by atoms with Crippen LogP contribution < -0.4 is 10.2 Å². The molecule has 1 aromatic rings. The van der Waals surface area contributed by atoms with Gasteiger partial charge in [0.05, 0.1) is 11.4 Å². The summed E-state index contributed by atoms with van der Waals surface area (Å²) in [5, 5.41) is 3.74. The predicted octanol–water partition coefficient (Wildman–Crippen LogP) is 3.27. The third kappa shape index (κ3) is 3.21. The van der Waals surface area contributed by atoms with Gasteiger partial charge in [0, 0.05) is 32.3 Å². The lowest BCUT2D eigenvalue weighted by Gasteiger charge is -2.25. The zero-order chi connectivity index (χ0) is 12.9. The van der Waals surface area contributed by atoms with Crippen LogP contribution in [0.15, 0.2) is 24.3 Å². The van der Waals surface area contributed by atoms with E-state index in [9.17, 15) is 0 Å². The normalized spacial score (nSPS) is 24.2. The third-order valence-corrected chi connectivity index (χ3v) is 4.16. The van der Waals surface area contributed by atoms with Gasteiger partial charge in [0.2, 0.25) is 0 Å². The molecule has 0 saturated carbocycles. The fraction of sp³-hybridized carbons (Fsp3) is 0.625. The van der Waals surface area contributed by atoms with E-state index in [1.807, 2.05) is 0 Å². The van der Waals surface area contributed by atoms with E-state index in [0.717, 1.165) is 19.6 Å². The summed E-state index contributed by atoms with van der Waals surface area (Å²) in [6.07, 6.45) is 6.16. The largest absolute Gasteiger partial charge is 0.381 e. The van der Waals surface area contributed by atoms with Crippen LogP contribution in [0, 0.1) is 0 Å². The molecule has 0 amide bonds.